The molecule has 21 heavy (non-hydrogen) atoms. The molecule has 0 bridgehead atoms. The first-order chi connectivity index (χ1) is 9.88. The zero-order valence-electron chi connectivity index (χ0n) is 12.2. The molecule has 1 unspecified atom stereocenters. The fraction of sp³-hybridized carbons (Fsp3) is 0.833. The van der Waals surface area contributed by atoms with Crippen LogP contribution in [0.4, 0.5) is 5.13 Å². The van der Waals surface area contributed by atoms with E-state index in [0.29, 0.717) is 12.5 Å². The van der Waals surface area contributed by atoms with E-state index >= 15 is 0 Å². The van der Waals surface area contributed by atoms with Crippen LogP contribution in [0.1, 0.15) is 17.8 Å². The fourth-order valence-electron chi connectivity index (χ4n) is 3.11. The molecule has 0 saturated carbocycles. The van der Waals surface area contributed by atoms with Gasteiger partial charge in [0.25, 0.3) is 0 Å². The molecule has 0 aliphatic carbocycles. The first-order valence-corrected chi connectivity index (χ1v) is 9.72. The van der Waals surface area contributed by atoms with Crippen molar-refractivity contribution < 1.29 is 13.2 Å². The van der Waals surface area contributed by atoms with Crippen LogP contribution in [0, 0.1) is 12.8 Å². The van der Waals surface area contributed by atoms with E-state index in [1.165, 1.54) is 6.26 Å². The highest BCUT2D eigenvalue weighted by molar-refractivity contribution is 7.88. The maximum absolute atomic E-state index is 11.1. The molecule has 9 heteroatoms. The Morgan fingerprint density at radius 3 is 2.86 bits per heavy atom. The van der Waals surface area contributed by atoms with Gasteiger partial charge in [-0.05, 0) is 25.7 Å². The normalized spacial score (nSPS) is 24.5. The summed E-state index contributed by atoms with van der Waals surface area (Å²) in [5.74, 6) is 0.400. The third-order valence-electron chi connectivity index (χ3n) is 4.16. The van der Waals surface area contributed by atoms with Crippen LogP contribution in [-0.2, 0) is 14.8 Å². The van der Waals surface area contributed by atoms with Crippen LogP contribution < -0.4 is 9.62 Å². The number of nitrogens with one attached hydrogen (secondary N) is 1. The van der Waals surface area contributed by atoms with Gasteiger partial charge in [-0.3, -0.25) is 0 Å². The summed E-state index contributed by atoms with van der Waals surface area (Å²) in [4.78, 5) is 2.19. The molecule has 1 atom stereocenters. The monoisotopic (exact) mass is 332 g/mol. The highest BCUT2D eigenvalue weighted by Gasteiger charge is 2.53. The molecule has 2 aliphatic rings. The number of hydrogen-bond acceptors (Lipinski definition) is 7. The van der Waals surface area contributed by atoms with Crippen LogP contribution in [0.2, 0.25) is 0 Å². The van der Waals surface area contributed by atoms with E-state index in [4.69, 9.17) is 4.74 Å². The summed E-state index contributed by atoms with van der Waals surface area (Å²) >= 11 is 1.59. The van der Waals surface area contributed by atoms with Gasteiger partial charge in [0.15, 0.2) is 0 Å². The number of aromatic nitrogens is 2. The third kappa shape index (κ3) is 3.20. The van der Waals surface area contributed by atoms with Gasteiger partial charge in [-0.2, -0.15) is 0 Å². The molecule has 3 rings (SSSR count). The van der Waals surface area contributed by atoms with E-state index in [2.05, 4.69) is 19.8 Å². The average Bonchev–Trinajstić information content (AvgIpc) is 2.92. The van der Waals surface area contributed by atoms with Gasteiger partial charge in [0.05, 0.1) is 19.3 Å². The number of sulfonamides is 1. The van der Waals surface area contributed by atoms with Crippen LogP contribution >= 0.6 is 11.3 Å². The van der Waals surface area contributed by atoms with Crippen molar-refractivity contribution in [3.8, 4) is 0 Å². The van der Waals surface area contributed by atoms with Gasteiger partial charge >= 0.3 is 0 Å². The number of anilines is 1. The van der Waals surface area contributed by atoms with Crippen molar-refractivity contribution in [3.63, 3.8) is 0 Å². The summed E-state index contributed by atoms with van der Waals surface area (Å²) in [6.07, 6.45) is 3.00. The molecule has 3 heterocycles. The van der Waals surface area contributed by atoms with Crippen LogP contribution in [-0.4, -0.2) is 56.7 Å². The van der Waals surface area contributed by atoms with E-state index in [0.717, 1.165) is 42.7 Å². The number of hydrogen-bond donors (Lipinski definition) is 1. The van der Waals surface area contributed by atoms with Gasteiger partial charge in [0, 0.05) is 13.2 Å². The van der Waals surface area contributed by atoms with E-state index in [1.807, 2.05) is 6.92 Å². The Labute approximate surface area is 128 Å². The minimum atomic E-state index is -3.11. The molecule has 2 saturated heterocycles. The topological polar surface area (TPSA) is 84.4 Å². The van der Waals surface area contributed by atoms with Crippen molar-refractivity contribution >= 4 is 26.5 Å². The molecule has 0 aromatic carbocycles. The number of aryl methyl sites for hydroxylation is 1. The largest absolute Gasteiger partial charge is 0.371 e. The molecule has 1 N–H and O–H groups in total. The minimum Gasteiger partial charge on any atom is -0.371 e. The number of ether oxygens (including phenoxy) is 1. The Balaban J connectivity index is 1.56. The zero-order chi connectivity index (χ0) is 15.1. The van der Waals surface area contributed by atoms with Crippen molar-refractivity contribution in [1.82, 2.24) is 14.9 Å². The third-order valence-corrected chi connectivity index (χ3v) is 5.79. The van der Waals surface area contributed by atoms with E-state index in [9.17, 15) is 8.42 Å². The predicted molar refractivity (Wildman–Crippen MR) is 81.1 cm³/mol. The lowest BCUT2D eigenvalue weighted by Crippen LogP contribution is -2.65. The summed E-state index contributed by atoms with van der Waals surface area (Å²) < 4.78 is 30.8. The van der Waals surface area contributed by atoms with Gasteiger partial charge in [-0.15, -0.1) is 10.2 Å². The first-order valence-electron chi connectivity index (χ1n) is 7.02. The standard InChI is InChI=1S/C12H20N4O3S2/c1-9-14-15-11(20-9)16-7-12(8-16)10(4-6-19-12)3-5-13-21(2,17)18/h10,13H,3-8H2,1-2H3. The molecule has 1 aromatic rings. The number of nitrogens with zero attached hydrogens (tertiary/aromatic N) is 3. The van der Waals surface area contributed by atoms with Crippen LogP contribution in [0.15, 0.2) is 0 Å². The van der Waals surface area contributed by atoms with Crippen LogP contribution in [0.5, 0.6) is 0 Å². The lowest BCUT2D eigenvalue weighted by atomic mass is 9.79. The Hall–Kier alpha value is -0.770. The lowest BCUT2D eigenvalue weighted by Gasteiger charge is -2.50. The molecule has 0 amide bonds. The van der Waals surface area contributed by atoms with Crippen molar-refractivity contribution in [2.75, 3.05) is 37.4 Å². The first kappa shape index (κ1) is 15.1. The maximum Gasteiger partial charge on any atom is 0.208 e. The SMILES string of the molecule is Cc1nnc(N2CC3(C2)OCCC3CCNS(C)(=O)=O)s1. The smallest absolute Gasteiger partial charge is 0.208 e. The molecular formula is C12H20N4O3S2. The molecule has 2 fully saturated rings. The number of rotatable bonds is 5. The molecule has 0 radical (unpaired) electrons. The molecular weight excluding hydrogens is 312 g/mol. The quantitative estimate of drug-likeness (QED) is 0.839. The average molecular weight is 332 g/mol. The van der Waals surface area contributed by atoms with Gasteiger partial charge in [-0.1, -0.05) is 11.3 Å². The summed E-state index contributed by atoms with van der Waals surface area (Å²) in [5, 5.41) is 10.1. The van der Waals surface area contributed by atoms with Crippen molar-refractivity contribution in [3.05, 3.63) is 5.01 Å². The molecule has 1 aromatic heterocycles. The highest BCUT2D eigenvalue weighted by atomic mass is 32.2. The van der Waals surface area contributed by atoms with E-state index in [-0.39, 0.29) is 5.60 Å². The van der Waals surface area contributed by atoms with Crippen molar-refractivity contribution in [2.24, 2.45) is 5.92 Å². The van der Waals surface area contributed by atoms with E-state index < -0.39 is 10.0 Å². The molecule has 118 valence electrons. The summed E-state index contributed by atoms with van der Waals surface area (Å²) in [6.45, 7) is 4.83. The Morgan fingerprint density at radius 1 is 1.48 bits per heavy atom. The van der Waals surface area contributed by atoms with Gasteiger partial charge < -0.3 is 9.64 Å². The summed E-state index contributed by atoms with van der Waals surface area (Å²) in [6, 6.07) is 0. The second-order valence-electron chi connectivity index (χ2n) is 5.81. The molecule has 2 aliphatic heterocycles. The minimum absolute atomic E-state index is 0.126. The summed E-state index contributed by atoms with van der Waals surface area (Å²) in [5.41, 5.74) is -0.126. The van der Waals surface area contributed by atoms with Crippen LogP contribution in [0.3, 0.4) is 0 Å². The molecule has 1 spiro atoms. The Bertz CT molecular complexity index is 610. The van der Waals surface area contributed by atoms with Gasteiger partial charge in [-0.25, -0.2) is 13.1 Å². The van der Waals surface area contributed by atoms with Crippen molar-refractivity contribution in [2.45, 2.75) is 25.4 Å². The lowest BCUT2D eigenvalue weighted by molar-refractivity contribution is -0.0451. The van der Waals surface area contributed by atoms with E-state index in [1.54, 1.807) is 11.3 Å². The summed E-state index contributed by atoms with van der Waals surface area (Å²) in [7, 11) is -3.11. The second-order valence-corrected chi connectivity index (χ2v) is 8.81. The van der Waals surface area contributed by atoms with Crippen LogP contribution in [0.25, 0.3) is 0 Å². The highest BCUT2D eigenvalue weighted by Crippen LogP contribution is 2.43. The van der Waals surface area contributed by atoms with Crippen molar-refractivity contribution in [1.29, 1.82) is 0 Å². The second kappa shape index (κ2) is 5.45. The van der Waals surface area contributed by atoms with Gasteiger partial charge in [0.2, 0.25) is 15.2 Å². The predicted octanol–water partition coefficient (Wildman–Crippen LogP) is 0.381. The van der Waals surface area contributed by atoms with Gasteiger partial charge in [0.1, 0.15) is 10.6 Å². The maximum atomic E-state index is 11.1. The Morgan fingerprint density at radius 2 is 2.24 bits per heavy atom. The fourth-order valence-corrected chi connectivity index (χ4v) is 4.28. The Kier molecular flexibility index (Phi) is 3.93. The molecule has 7 nitrogen and oxygen atoms in total. The zero-order valence-corrected chi connectivity index (χ0v) is 13.8.